The molecule has 0 spiro atoms. The van der Waals surface area contributed by atoms with Crippen LogP contribution in [0.1, 0.15) is 26.1 Å². The van der Waals surface area contributed by atoms with Crippen LogP contribution >= 0.6 is 0 Å². The van der Waals surface area contributed by atoms with Crippen LogP contribution in [0.25, 0.3) is 0 Å². The van der Waals surface area contributed by atoms with Gasteiger partial charge in [-0.2, -0.15) is 4.98 Å². The van der Waals surface area contributed by atoms with Gasteiger partial charge in [-0.25, -0.2) is 4.98 Å². The molecule has 0 unspecified atom stereocenters. The molecule has 1 aromatic heterocycles. The number of nitrogens with zero attached hydrogens (tertiary/aromatic N) is 2. The number of aromatic nitrogens is 2. The van der Waals surface area contributed by atoms with Crippen LogP contribution in [0.15, 0.2) is 6.07 Å². The maximum Gasteiger partial charge on any atom is 0.218 e. The highest BCUT2D eigenvalue weighted by atomic mass is 16.5. The van der Waals surface area contributed by atoms with Gasteiger partial charge in [-0.05, 0) is 6.42 Å². The third-order valence-corrected chi connectivity index (χ3v) is 2.16. The molecule has 5 heteroatoms. The molecule has 0 amide bonds. The molecule has 0 bridgehead atoms. The summed E-state index contributed by atoms with van der Waals surface area (Å²) in [7, 11) is 1.65. The van der Waals surface area contributed by atoms with Crippen molar-refractivity contribution >= 4 is 5.82 Å². The van der Waals surface area contributed by atoms with E-state index in [1.54, 1.807) is 7.11 Å². The average Bonchev–Trinajstić information content (AvgIpc) is 2.36. The summed E-state index contributed by atoms with van der Waals surface area (Å²) >= 11 is 0. The van der Waals surface area contributed by atoms with Gasteiger partial charge in [0.25, 0.3) is 0 Å². The van der Waals surface area contributed by atoms with Crippen LogP contribution in [-0.2, 0) is 11.2 Å². The summed E-state index contributed by atoms with van der Waals surface area (Å²) in [6, 6.07) is 1.82. The third-order valence-electron chi connectivity index (χ3n) is 2.16. The summed E-state index contributed by atoms with van der Waals surface area (Å²) in [6.07, 6.45) is 1.85. The quantitative estimate of drug-likeness (QED) is 0.702. The molecule has 1 rings (SSSR count). The standard InChI is InChI=1S/C12H21N3O2/c1-4-6-13-11-9-12(17-8-7-16-3)15-10(5-2)14-11/h9H,4-8H2,1-3H3,(H,13,14,15). The fourth-order valence-corrected chi connectivity index (χ4v) is 1.28. The van der Waals surface area contributed by atoms with Gasteiger partial charge in [0.1, 0.15) is 18.2 Å². The molecule has 0 aromatic carbocycles. The van der Waals surface area contributed by atoms with Crippen LogP contribution in [-0.4, -0.2) is 36.8 Å². The van der Waals surface area contributed by atoms with E-state index in [1.807, 2.05) is 13.0 Å². The summed E-state index contributed by atoms with van der Waals surface area (Å²) in [6.45, 7) is 6.10. The highest BCUT2D eigenvalue weighted by molar-refractivity contribution is 5.38. The number of anilines is 1. The first-order chi connectivity index (χ1) is 8.30. The van der Waals surface area contributed by atoms with Crippen LogP contribution in [0.4, 0.5) is 5.82 Å². The smallest absolute Gasteiger partial charge is 0.218 e. The van der Waals surface area contributed by atoms with Gasteiger partial charge in [0.15, 0.2) is 0 Å². The van der Waals surface area contributed by atoms with Gasteiger partial charge in [0, 0.05) is 26.1 Å². The lowest BCUT2D eigenvalue weighted by Crippen LogP contribution is -2.09. The Labute approximate surface area is 103 Å². The summed E-state index contributed by atoms with van der Waals surface area (Å²) in [5.41, 5.74) is 0. The monoisotopic (exact) mass is 239 g/mol. The number of aryl methyl sites for hydroxylation is 1. The van der Waals surface area contributed by atoms with Crippen molar-refractivity contribution in [3.63, 3.8) is 0 Å². The highest BCUT2D eigenvalue weighted by Crippen LogP contribution is 2.14. The maximum atomic E-state index is 5.49. The highest BCUT2D eigenvalue weighted by Gasteiger charge is 2.03. The van der Waals surface area contributed by atoms with Gasteiger partial charge in [-0.1, -0.05) is 13.8 Å². The number of hydrogen-bond acceptors (Lipinski definition) is 5. The second-order valence-electron chi connectivity index (χ2n) is 3.63. The number of methoxy groups -OCH3 is 1. The van der Waals surface area contributed by atoms with Gasteiger partial charge in [0.2, 0.25) is 5.88 Å². The van der Waals surface area contributed by atoms with Gasteiger partial charge in [0.05, 0.1) is 6.61 Å². The molecule has 0 fully saturated rings. The second kappa shape index (κ2) is 7.84. The molecule has 1 heterocycles. The zero-order chi connectivity index (χ0) is 12.5. The predicted octanol–water partition coefficient (Wildman–Crippen LogP) is 1.89. The zero-order valence-corrected chi connectivity index (χ0v) is 10.8. The molecule has 0 aliphatic heterocycles. The minimum absolute atomic E-state index is 0.504. The molecule has 96 valence electrons. The Morgan fingerprint density at radius 2 is 2.06 bits per heavy atom. The van der Waals surface area contributed by atoms with Crippen LogP contribution in [0.5, 0.6) is 5.88 Å². The minimum atomic E-state index is 0.504. The maximum absolute atomic E-state index is 5.49. The Morgan fingerprint density at radius 1 is 1.24 bits per heavy atom. The molecule has 0 aliphatic rings. The van der Waals surface area contributed by atoms with Crippen molar-refractivity contribution in [2.24, 2.45) is 0 Å². The van der Waals surface area contributed by atoms with Crippen molar-refractivity contribution in [1.29, 1.82) is 0 Å². The first-order valence-electron chi connectivity index (χ1n) is 6.03. The van der Waals surface area contributed by atoms with Gasteiger partial charge in [-0.3, -0.25) is 0 Å². The Hall–Kier alpha value is -1.36. The fourth-order valence-electron chi connectivity index (χ4n) is 1.28. The Morgan fingerprint density at radius 3 is 2.71 bits per heavy atom. The van der Waals surface area contributed by atoms with E-state index in [0.717, 1.165) is 31.0 Å². The van der Waals surface area contributed by atoms with Crippen molar-refractivity contribution < 1.29 is 9.47 Å². The second-order valence-corrected chi connectivity index (χ2v) is 3.63. The summed E-state index contributed by atoms with van der Waals surface area (Å²) in [5.74, 6) is 2.22. The Bertz CT molecular complexity index is 332. The van der Waals surface area contributed by atoms with Gasteiger partial charge in [-0.15, -0.1) is 0 Å². The van der Waals surface area contributed by atoms with E-state index in [9.17, 15) is 0 Å². The SMILES string of the molecule is CCCNc1cc(OCCOC)nc(CC)n1. The van der Waals surface area contributed by atoms with Crippen molar-refractivity contribution in [3.05, 3.63) is 11.9 Å². The van der Waals surface area contributed by atoms with E-state index in [-0.39, 0.29) is 0 Å². The van der Waals surface area contributed by atoms with Crippen molar-refractivity contribution in [1.82, 2.24) is 9.97 Å². The molecule has 0 aliphatic carbocycles. The first kappa shape index (κ1) is 13.7. The molecule has 1 N–H and O–H groups in total. The molecule has 17 heavy (non-hydrogen) atoms. The largest absolute Gasteiger partial charge is 0.475 e. The summed E-state index contributed by atoms with van der Waals surface area (Å²) in [5, 5.41) is 3.24. The number of rotatable bonds is 8. The number of nitrogens with one attached hydrogen (secondary N) is 1. The number of hydrogen-bond donors (Lipinski definition) is 1. The molecule has 0 atom stereocenters. The van der Waals surface area contributed by atoms with Gasteiger partial charge >= 0.3 is 0 Å². The predicted molar refractivity (Wildman–Crippen MR) is 67.6 cm³/mol. The number of ether oxygens (including phenoxy) is 2. The lowest BCUT2D eigenvalue weighted by Gasteiger charge is -2.09. The third kappa shape index (κ3) is 4.99. The van der Waals surface area contributed by atoms with Crippen LogP contribution in [0.2, 0.25) is 0 Å². The molecule has 1 aromatic rings. The lowest BCUT2D eigenvalue weighted by atomic mass is 10.4. The minimum Gasteiger partial charge on any atom is -0.475 e. The molecule has 0 saturated heterocycles. The molecule has 0 radical (unpaired) electrons. The topological polar surface area (TPSA) is 56.3 Å². The van der Waals surface area contributed by atoms with Crippen molar-refractivity contribution in [2.75, 3.05) is 32.2 Å². The molecule has 5 nitrogen and oxygen atoms in total. The Kier molecular flexibility index (Phi) is 6.32. The average molecular weight is 239 g/mol. The lowest BCUT2D eigenvalue weighted by molar-refractivity contribution is 0.143. The molecular weight excluding hydrogens is 218 g/mol. The van der Waals surface area contributed by atoms with Crippen LogP contribution in [0.3, 0.4) is 0 Å². The van der Waals surface area contributed by atoms with E-state index < -0.39 is 0 Å². The molecular formula is C12H21N3O2. The molecule has 0 saturated carbocycles. The van der Waals surface area contributed by atoms with E-state index in [2.05, 4.69) is 22.2 Å². The first-order valence-corrected chi connectivity index (χ1v) is 6.03. The fraction of sp³-hybridized carbons (Fsp3) is 0.667. The van der Waals surface area contributed by atoms with Crippen LogP contribution < -0.4 is 10.1 Å². The normalized spacial score (nSPS) is 10.3. The van der Waals surface area contributed by atoms with Crippen molar-refractivity contribution in [3.8, 4) is 5.88 Å². The van der Waals surface area contributed by atoms with Crippen molar-refractivity contribution in [2.45, 2.75) is 26.7 Å². The van der Waals surface area contributed by atoms with E-state index in [1.165, 1.54) is 0 Å². The van der Waals surface area contributed by atoms with E-state index >= 15 is 0 Å². The zero-order valence-electron chi connectivity index (χ0n) is 10.8. The van der Waals surface area contributed by atoms with E-state index in [0.29, 0.717) is 19.1 Å². The van der Waals surface area contributed by atoms with E-state index in [4.69, 9.17) is 9.47 Å². The summed E-state index contributed by atoms with van der Waals surface area (Å²) < 4.78 is 10.4. The Balaban J connectivity index is 2.67. The van der Waals surface area contributed by atoms with Crippen LogP contribution in [0, 0.1) is 0 Å². The summed E-state index contributed by atoms with van der Waals surface area (Å²) in [4.78, 5) is 8.69. The van der Waals surface area contributed by atoms with Gasteiger partial charge < -0.3 is 14.8 Å².